The van der Waals surface area contributed by atoms with Crippen LogP contribution in [-0.4, -0.2) is 41.3 Å². The molecule has 1 fully saturated rings. The van der Waals surface area contributed by atoms with Crippen LogP contribution in [0.2, 0.25) is 0 Å². The molecule has 132 valence electrons. The predicted octanol–water partition coefficient (Wildman–Crippen LogP) is 4.08. The number of nitrogens with zero attached hydrogens (tertiary/aromatic N) is 1. The zero-order chi connectivity index (χ0) is 16.2. The Hall–Kier alpha value is -0.120. The summed E-state index contributed by atoms with van der Waals surface area (Å²) < 4.78 is 0. The second kappa shape index (κ2) is 12.3. The molecule has 0 aliphatic carbocycles. The van der Waals surface area contributed by atoms with Gasteiger partial charge in [-0.25, -0.2) is 0 Å². The minimum atomic E-state index is 0.298. The van der Waals surface area contributed by atoms with Crippen LogP contribution in [0, 0.1) is 0 Å². The van der Waals surface area contributed by atoms with Gasteiger partial charge in [0.15, 0.2) is 0 Å². The van der Waals surface area contributed by atoms with Gasteiger partial charge < -0.3 is 10.8 Å². The van der Waals surface area contributed by atoms with Gasteiger partial charge in [-0.15, -0.1) is 0 Å². The van der Waals surface area contributed by atoms with Gasteiger partial charge in [-0.05, 0) is 25.7 Å². The maximum absolute atomic E-state index is 9.73. The molecule has 0 bridgehead atoms. The van der Waals surface area contributed by atoms with E-state index in [1.165, 1.54) is 64.2 Å². The molecule has 1 saturated heterocycles. The summed E-state index contributed by atoms with van der Waals surface area (Å²) in [6, 6.07) is 1.29. The normalized spacial score (nSPS) is 24.5. The van der Waals surface area contributed by atoms with Gasteiger partial charge in [-0.2, -0.15) is 0 Å². The third kappa shape index (κ3) is 7.43. The first-order chi connectivity index (χ1) is 10.7. The van der Waals surface area contributed by atoms with E-state index in [0.29, 0.717) is 24.7 Å². The van der Waals surface area contributed by atoms with Gasteiger partial charge in [0.1, 0.15) is 0 Å². The molecule has 1 aliphatic rings. The van der Waals surface area contributed by atoms with Crippen molar-refractivity contribution < 1.29 is 5.11 Å². The maximum Gasteiger partial charge on any atom is 0.0587 e. The van der Waals surface area contributed by atoms with Crippen LogP contribution in [0.25, 0.3) is 0 Å². The van der Waals surface area contributed by atoms with E-state index in [1.54, 1.807) is 0 Å². The smallest absolute Gasteiger partial charge is 0.0587 e. The topological polar surface area (TPSA) is 49.5 Å². The lowest BCUT2D eigenvalue weighted by atomic mass is 9.92. The van der Waals surface area contributed by atoms with Crippen molar-refractivity contribution in [3.8, 4) is 0 Å². The number of piperidine rings is 1. The summed E-state index contributed by atoms with van der Waals surface area (Å²) >= 11 is 0. The van der Waals surface area contributed by atoms with Gasteiger partial charge in [0.05, 0.1) is 6.61 Å². The molecule has 1 unspecified atom stereocenters. The van der Waals surface area contributed by atoms with Crippen molar-refractivity contribution >= 4 is 0 Å². The molecule has 3 atom stereocenters. The molecule has 0 saturated carbocycles. The van der Waals surface area contributed by atoms with Crippen molar-refractivity contribution in [1.82, 2.24) is 4.90 Å². The number of rotatable bonds is 12. The zero-order valence-corrected chi connectivity index (χ0v) is 15.1. The highest BCUT2D eigenvalue weighted by Gasteiger charge is 2.30. The summed E-state index contributed by atoms with van der Waals surface area (Å²) in [6.45, 7) is 5.82. The Morgan fingerprint density at radius 3 is 2.18 bits per heavy atom. The minimum Gasteiger partial charge on any atom is -0.395 e. The van der Waals surface area contributed by atoms with E-state index < -0.39 is 0 Å². The Bertz CT molecular complexity index is 260. The first-order valence-corrected chi connectivity index (χ1v) is 9.85. The van der Waals surface area contributed by atoms with E-state index in [-0.39, 0.29) is 0 Å². The van der Waals surface area contributed by atoms with Crippen molar-refractivity contribution in [2.75, 3.05) is 13.2 Å². The van der Waals surface area contributed by atoms with Crippen LogP contribution in [-0.2, 0) is 0 Å². The molecule has 1 heterocycles. The lowest BCUT2D eigenvalue weighted by molar-refractivity contribution is 0.0366. The molecular weight excluding hydrogens is 272 g/mol. The number of hydrogen-bond acceptors (Lipinski definition) is 3. The van der Waals surface area contributed by atoms with E-state index in [9.17, 15) is 5.11 Å². The molecule has 3 nitrogen and oxygen atoms in total. The van der Waals surface area contributed by atoms with Gasteiger partial charge in [-0.3, -0.25) is 4.90 Å². The predicted molar refractivity (Wildman–Crippen MR) is 96.1 cm³/mol. The first kappa shape index (κ1) is 19.9. The highest BCUT2D eigenvalue weighted by Crippen LogP contribution is 2.25. The highest BCUT2D eigenvalue weighted by molar-refractivity contribution is 4.87. The van der Waals surface area contributed by atoms with Gasteiger partial charge in [0.25, 0.3) is 0 Å². The van der Waals surface area contributed by atoms with Crippen LogP contribution in [0.3, 0.4) is 0 Å². The van der Waals surface area contributed by atoms with E-state index in [0.717, 1.165) is 19.4 Å². The van der Waals surface area contributed by atoms with Crippen LogP contribution >= 0.6 is 0 Å². The molecule has 1 aliphatic heterocycles. The zero-order valence-electron chi connectivity index (χ0n) is 15.1. The molecular formula is C19H40N2O. The van der Waals surface area contributed by atoms with Crippen LogP contribution in [0.1, 0.15) is 90.9 Å². The minimum absolute atomic E-state index is 0.298. The number of hydrogen-bond donors (Lipinski definition) is 2. The van der Waals surface area contributed by atoms with Crippen LogP contribution < -0.4 is 5.73 Å². The van der Waals surface area contributed by atoms with E-state index in [2.05, 4.69) is 18.7 Å². The average Bonchev–Trinajstić information content (AvgIpc) is 2.53. The Morgan fingerprint density at radius 1 is 0.955 bits per heavy atom. The number of aliphatic hydroxyl groups excluding tert-OH is 1. The maximum atomic E-state index is 9.73. The van der Waals surface area contributed by atoms with Crippen molar-refractivity contribution in [2.45, 2.75) is 109 Å². The Labute approximate surface area is 138 Å². The summed E-state index contributed by atoms with van der Waals surface area (Å²) in [5.74, 6) is 0. The van der Waals surface area contributed by atoms with E-state index in [1.807, 2.05) is 0 Å². The lowest BCUT2D eigenvalue weighted by Crippen LogP contribution is -2.54. The molecule has 0 amide bonds. The molecule has 22 heavy (non-hydrogen) atoms. The molecule has 3 heteroatoms. The van der Waals surface area contributed by atoms with Crippen molar-refractivity contribution in [3.05, 3.63) is 0 Å². The molecule has 0 radical (unpaired) electrons. The molecule has 0 aromatic heterocycles. The van der Waals surface area contributed by atoms with Crippen molar-refractivity contribution in [1.29, 1.82) is 0 Å². The molecule has 0 spiro atoms. The van der Waals surface area contributed by atoms with Crippen LogP contribution in [0.15, 0.2) is 0 Å². The van der Waals surface area contributed by atoms with E-state index >= 15 is 0 Å². The first-order valence-electron chi connectivity index (χ1n) is 9.85. The Balaban J connectivity index is 2.49. The number of unbranched alkanes of at least 4 members (excludes halogenated alkanes) is 6. The summed E-state index contributed by atoms with van der Waals surface area (Å²) in [5, 5.41) is 9.73. The van der Waals surface area contributed by atoms with E-state index in [4.69, 9.17) is 5.73 Å². The highest BCUT2D eigenvalue weighted by atomic mass is 16.3. The van der Waals surface area contributed by atoms with Gasteiger partial charge in [-0.1, -0.05) is 65.2 Å². The fourth-order valence-corrected chi connectivity index (χ4v) is 3.82. The molecule has 3 N–H and O–H groups in total. The Kier molecular flexibility index (Phi) is 11.2. The summed E-state index contributed by atoms with van der Waals surface area (Å²) in [4.78, 5) is 2.56. The quantitative estimate of drug-likeness (QED) is 0.534. The SMILES string of the molecule is CCCCCCCC(CCCCC)N1C[C@H](N)CC[C@H]1CO. The van der Waals surface area contributed by atoms with Crippen LogP contribution in [0.5, 0.6) is 0 Å². The number of nitrogens with two attached hydrogens (primary N) is 1. The van der Waals surface area contributed by atoms with Gasteiger partial charge in [0, 0.05) is 24.7 Å². The van der Waals surface area contributed by atoms with Crippen molar-refractivity contribution in [3.63, 3.8) is 0 Å². The third-order valence-corrected chi connectivity index (χ3v) is 5.25. The summed E-state index contributed by atoms with van der Waals surface area (Å²) in [6.07, 6.45) is 15.4. The molecule has 0 aromatic carbocycles. The summed E-state index contributed by atoms with van der Waals surface area (Å²) in [5.41, 5.74) is 6.21. The largest absolute Gasteiger partial charge is 0.395 e. The fraction of sp³-hybridized carbons (Fsp3) is 1.00. The standard InChI is InChI=1S/C19H40N2O/c1-3-5-7-8-10-12-18(11-9-6-4-2)21-15-17(20)13-14-19(21)16-22/h17-19,22H,3-16,20H2,1-2H3/t17-,18?,19+/m1/s1. The lowest BCUT2D eigenvalue weighted by Gasteiger charge is -2.43. The summed E-state index contributed by atoms with van der Waals surface area (Å²) in [7, 11) is 0. The number of aliphatic hydroxyl groups is 1. The average molecular weight is 313 g/mol. The van der Waals surface area contributed by atoms with Crippen molar-refractivity contribution in [2.24, 2.45) is 5.73 Å². The molecule has 1 rings (SSSR count). The number of likely N-dealkylation sites (tertiary alicyclic amines) is 1. The van der Waals surface area contributed by atoms with Gasteiger partial charge in [0.2, 0.25) is 0 Å². The third-order valence-electron chi connectivity index (χ3n) is 5.25. The van der Waals surface area contributed by atoms with Gasteiger partial charge >= 0.3 is 0 Å². The van der Waals surface area contributed by atoms with Crippen LogP contribution in [0.4, 0.5) is 0 Å². The Morgan fingerprint density at radius 2 is 1.55 bits per heavy atom. The second-order valence-electron chi connectivity index (χ2n) is 7.22. The fourth-order valence-electron chi connectivity index (χ4n) is 3.82. The monoisotopic (exact) mass is 312 g/mol. The second-order valence-corrected chi connectivity index (χ2v) is 7.22. The molecule has 0 aromatic rings.